The van der Waals surface area contributed by atoms with Crippen LogP contribution in [-0.2, 0) is 25.8 Å². The molecule has 0 radical (unpaired) electrons. The van der Waals surface area contributed by atoms with Gasteiger partial charge in [0.15, 0.2) is 0 Å². The molecule has 4 rings (SSSR count). The van der Waals surface area contributed by atoms with E-state index in [1.165, 1.54) is 11.1 Å². The molecular weight excluding hydrogens is 468 g/mol. The van der Waals surface area contributed by atoms with E-state index in [0.29, 0.717) is 35.7 Å². The van der Waals surface area contributed by atoms with Crippen LogP contribution < -0.4 is 10.2 Å². The molecule has 1 fully saturated rings. The fourth-order valence-electron chi connectivity index (χ4n) is 4.40. The first-order valence-corrected chi connectivity index (χ1v) is 13.8. The zero-order chi connectivity index (χ0) is 25.4. The van der Waals surface area contributed by atoms with Gasteiger partial charge in [0.1, 0.15) is 11.4 Å². The zero-order valence-corrected chi connectivity index (χ0v) is 21.4. The molecule has 1 aromatic carbocycles. The number of carbonyl (C=O) groups is 2. The standard InChI is InChI=1S/C25H32N4O5S/c1-25(2,3)34-24(31)27-19-9-6-10-20(14-19)29-21(30)13-17(16-11-12-16)7-5-8-18-15-26-23(28-22(18)29)35(4,32)33/h6,9-10,14-17H,5,7-8,11-13H2,1-4H3,(H,27,31). The SMILES string of the molecule is CC(C)(C)OC(=O)Nc1cccc(N2C(=O)CC(C3CC3)CCCc3cnc(S(C)(=O)=O)nc32)c1. The molecule has 9 nitrogen and oxygen atoms in total. The van der Waals surface area contributed by atoms with E-state index in [9.17, 15) is 18.0 Å². The first kappa shape index (κ1) is 25.1. The predicted molar refractivity (Wildman–Crippen MR) is 132 cm³/mol. The fourth-order valence-corrected chi connectivity index (χ4v) is 4.90. The lowest BCUT2D eigenvalue weighted by atomic mass is 9.93. The van der Waals surface area contributed by atoms with Crippen LogP contribution in [0.15, 0.2) is 35.6 Å². The number of rotatable bonds is 4. The third-order valence-corrected chi connectivity index (χ3v) is 6.97. The maximum Gasteiger partial charge on any atom is 0.412 e. The average Bonchev–Trinajstić information content (AvgIpc) is 3.56. The normalized spacial score (nSPS) is 19.3. The number of amides is 2. The maximum absolute atomic E-state index is 13.7. The van der Waals surface area contributed by atoms with Crippen molar-refractivity contribution in [2.24, 2.45) is 11.8 Å². The third kappa shape index (κ3) is 6.36. The number of sulfone groups is 1. The summed E-state index contributed by atoms with van der Waals surface area (Å²) in [5.74, 6) is 0.957. The van der Waals surface area contributed by atoms with Crippen LogP contribution in [0.2, 0.25) is 0 Å². The lowest BCUT2D eigenvalue weighted by molar-refractivity contribution is -0.119. The monoisotopic (exact) mass is 500 g/mol. The highest BCUT2D eigenvalue weighted by Gasteiger charge is 2.36. The number of benzene rings is 1. The van der Waals surface area contributed by atoms with Gasteiger partial charge in [0, 0.05) is 30.1 Å². The summed E-state index contributed by atoms with van der Waals surface area (Å²) in [4.78, 5) is 35.9. The Labute approximate surface area is 206 Å². The van der Waals surface area contributed by atoms with Crippen molar-refractivity contribution in [3.63, 3.8) is 0 Å². The van der Waals surface area contributed by atoms with Gasteiger partial charge in [-0.25, -0.2) is 18.2 Å². The first-order valence-electron chi connectivity index (χ1n) is 11.9. The Bertz CT molecular complexity index is 1230. The van der Waals surface area contributed by atoms with Gasteiger partial charge < -0.3 is 4.74 Å². The summed E-state index contributed by atoms with van der Waals surface area (Å²) in [7, 11) is -3.68. The van der Waals surface area contributed by atoms with E-state index < -0.39 is 21.5 Å². The Kier molecular flexibility index (Phi) is 6.86. The number of hydrogen-bond acceptors (Lipinski definition) is 7. The molecule has 188 valence electrons. The van der Waals surface area contributed by atoms with Crippen molar-refractivity contribution in [3.05, 3.63) is 36.0 Å². The van der Waals surface area contributed by atoms with Gasteiger partial charge in [0.05, 0.1) is 5.69 Å². The van der Waals surface area contributed by atoms with Crippen molar-refractivity contribution in [1.29, 1.82) is 0 Å². The highest BCUT2D eigenvalue weighted by Crippen LogP contribution is 2.43. The van der Waals surface area contributed by atoms with Crippen LogP contribution >= 0.6 is 0 Å². The van der Waals surface area contributed by atoms with Crippen LogP contribution in [-0.4, -0.2) is 42.2 Å². The number of nitrogens with zero attached hydrogens (tertiary/aromatic N) is 3. The van der Waals surface area contributed by atoms with Gasteiger partial charge in [-0.1, -0.05) is 6.07 Å². The summed E-state index contributed by atoms with van der Waals surface area (Å²) in [6.07, 6.45) is 7.02. The number of anilines is 3. The lowest BCUT2D eigenvalue weighted by Gasteiger charge is -2.26. The Morgan fingerprint density at radius 1 is 1.17 bits per heavy atom. The second kappa shape index (κ2) is 9.56. The average molecular weight is 501 g/mol. The van der Waals surface area contributed by atoms with Gasteiger partial charge in [-0.15, -0.1) is 0 Å². The fraction of sp³-hybridized carbons (Fsp3) is 0.520. The van der Waals surface area contributed by atoms with E-state index in [4.69, 9.17) is 4.74 Å². The van der Waals surface area contributed by atoms with Crippen LogP contribution in [0.5, 0.6) is 0 Å². The molecule has 0 spiro atoms. The number of hydrogen-bond donors (Lipinski definition) is 1. The highest BCUT2D eigenvalue weighted by molar-refractivity contribution is 7.90. The summed E-state index contributed by atoms with van der Waals surface area (Å²) < 4.78 is 29.8. The van der Waals surface area contributed by atoms with E-state index in [1.54, 1.807) is 45.0 Å². The molecule has 1 aliphatic heterocycles. The van der Waals surface area contributed by atoms with Crippen molar-refractivity contribution in [2.45, 2.75) is 70.1 Å². The number of aromatic nitrogens is 2. The van der Waals surface area contributed by atoms with Crippen LogP contribution in [0.1, 0.15) is 58.4 Å². The van der Waals surface area contributed by atoms with Gasteiger partial charge in [-0.2, -0.15) is 4.98 Å². The van der Waals surface area contributed by atoms with Crippen LogP contribution in [0.4, 0.5) is 22.0 Å². The minimum Gasteiger partial charge on any atom is -0.444 e. The molecule has 1 N–H and O–H groups in total. The second-order valence-electron chi connectivity index (χ2n) is 10.4. The quantitative estimate of drug-likeness (QED) is 0.607. The first-order chi connectivity index (χ1) is 16.4. The Hall–Kier alpha value is -3.01. The van der Waals surface area contributed by atoms with E-state index in [-0.39, 0.29) is 22.8 Å². The molecule has 2 aromatic rings. The van der Waals surface area contributed by atoms with Crippen LogP contribution in [0, 0.1) is 11.8 Å². The number of carbonyl (C=O) groups excluding carboxylic acids is 2. The molecule has 1 aromatic heterocycles. The Balaban J connectivity index is 1.75. The van der Waals surface area contributed by atoms with Crippen molar-refractivity contribution < 1.29 is 22.7 Å². The van der Waals surface area contributed by atoms with Crippen molar-refractivity contribution in [3.8, 4) is 0 Å². The maximum atomic E-state index is 13.7. The van der Waals surface area contributed by atoms with Crippen molar-refractivity contribution >= 4 is 39.0 Å². The molecule has 0 bridgehead atoms. The molecule has 2 amide bonds. The number of aryl methyl sites for hydroxylation is 1. The summed E-state index contributed by atoms with van der Waals surface area (Å²) in [5, 5.41) is 2.38. The van der Waals surface area contributed by atoms with E-state index >= 15 is 0 Å². The number of ether oxygens (including phenoxy) is 1. The van der Waals surface area contributed by atoms with Gasteiger partial charge in [-0.05, 0) is 82.9 Å². The summed E-state index contributed by atoms with van der Waals surface area (Å²) in [6, 6.07) is 6.83. The van der Waals surface area contributed by atoms with Gasteiger partial charge in [-0.3, -0.25) is 15.0 Å². The smallest absolute Gasteiger partial charge is 0.412 e. The molecule has 10 heteroatoms. The van der Waals surface area contributed by atoms with Gasteiger partial charge >= 0.3 is 6.09 Å². The summed E-state index contributed by atoms with van der Waals surface area (Å²) in [5.41, 5.74) is 0.989. The van der Waals surface area contributed by atoms with Crippen LogP contribution in [0.25, 0.3) is 0 Å². The number of fused-ring (bicyclic) bond motifs is 1. The van der Waals surface area contributed by atoms with E-state index in [0.717, 1.165) is 31.9 Å². The lowest BCUT2D eigenvalue weighted by Crippen LogP contribution is -2.30. The molecular formula is C25H32N4O5S. The van der Waals surface area contributed by atoms with Gasteiger partial charge in [0.2, 0.25) is 20.9 Å². The highest BCUT2D eigenvalue weighted by atomic mass is 32.2. The van der Waals surface area contributed by atoms with Gasteiger partial charge in [0.25, 0.3) is 0 Å². The molecule has 35 heavy (non-hydrogen) atoms. The molecule has 1 atom stereocenters. The molecule has 2 aliphatic rings. The second-order valence-corrected chi connectivity index (χ2v) is 12.3. The third-order valence-electron chi connectivity index (χ3n) is 6.11. The van der Waals surface area contributed by atoms with E-state index in [2.05, 4.69) is 15.3 Å². The van der Waals surface area contributed by atoms with Crippen molar-refractivity contribution in [1.82, 2.24) is 9.97 Å². The molecule has 2 heterocycles. The topological polar surface area (TPSA) is 119 Å². The molecule has 1 aliphatic carbocycles. The largest absolute Gasteiger partial charge is 0.444 e. The predicted octanol–water partition coefficient (Wildman–Crippen LogP) is 4.64. The summed E-state index contributed by atoms with van der Waals surface area (Å²) >= 11 is 0. The summed E-state index contributed by atoms with van der Waals surface area (Å²) in [6.45, 7) is 5.32. The molecule has 1 saturated carbocycles. The van der Waals surface area contributed by atoms with Crippen LogP contribution in [0.3, 0.4) is 0 Å². The molecule has 1 unspecified atom stereocenters. The Morgan fingerprint density at radius 2 is 1.91 bits per heavy atom. The zero-order valence-electron chi connectivity index (χ0n) is 20.6. The van der Waals surface area contributed by atoms with E-state index in [1.807, 2.05) is 0 Å². The van der Waals surface area contributed by atoms with Crippen molar-refractivity contribution in [2.75, 3.05) is 16.5 Å². The Morgan fingerprint density at radius 3 is 2.57 bits per heavy atom. The minimum atomic E-state index is -3.68. The molecule has 0 saturated heterocycles. The minimum absolute atomic E-state index is 0.155. The number of nitrogens with one attached hydrogen (secondary N) is 1.